The minimum atomic E-state index is -1.51. The van der Waals surface area contributed by atoms with Crippen LogP contribution in [0.4, 0.5) is 0 Å². The first-order valence-electron chi connectivity index (χ1n) is 3.15. The van der Waals surface area contributed by atoms with Gasteiger partial charge in [-0.1, -0.05) is 0 Å². The Hall–Kier alpha value is -0.940. The molecule has 0 saturated carbocycles. The standard InChI is InChI=1S/C6H8O5/c1-2(7)5-3(8)4(9)6(10)11-5/h2-3,5,7-8H,1H3/t2-,3?,5-/m1/s1. The number of ketones is 1. The maximum absolute atomic E-state index is 10.6. The number of rotatable bonds is 1. The monoisotopic (exact) mass is 160 g/mol. The number of aliphatic hydroxyl groups excluding tert-OH is 2. The number of carbonyl (C=O) groups is 2. The first kappa shape index (κ1) is 8.16. The smallest absolute Gasteiger partial charge is 0.378 e. The Morgan fingerprint density at radius 3 is 2.27 bits per heavy atom. The minimum Gasteiger partial charge on any atom is -0.451 e. The van der Waals surface area contributed by atoms with E-state index in [1.54, 1.807) is 0 Å². The Morgan fingerprint density at radius 1 is 1.55 bits per heavy atom. The molecule has 0 aromatic rings. The van der Waals surface area contributed by atoms with E-state index in [0.717, 1.165) is 0 Å². The second kappa shape index (κ2) is 2.60. The van der Waals surface area contributed by atoms with Crippen molar-refractivity contribution in [2.24, 2.45) is 0 Å². The van der Waals surface area contributed by atoms with E-state index in [4.69, 9.17) is 10.2 Å². The average Bonchev–Trinajstić information content (AvgIpc) is 2.17. The molecular formula is C6H8O5. The zero-order valence-corrected chi connectivity index (χ0v) is 5.85. The van der Waals surface area contributed by atoms with E-state index in [-0.39, 0.29) is 0 Å². The number of cyclic esters (lactones) is 1. The highest BCUT2D eigenvalue weighted by molar-refractivity contribution is 6.37. The zero-order chi connectivity index (χ0) is 8.59. The van der Waals surface area contributed by atoms with E-state index in [0.29, 0.717) is 0 Å². The first-order valence-corrected chi connectivity index (χ1v) is 3.15. The summed E-state index contributed by atoms with van der Waals surface area (Å²) in [7, 11) is 0. The van der Waals surface area contributed by atoms with E-state index in [9.17, 15) is 9.59 Å². The summed E-state index contributed by atoms with van der Waals surface area (Å²) in [6.07, 6.45) is -3.64. The molecule has 0 bridgehead atoms. The van der Waals surface area contributed by atoms with E-state index in [2.05, 4.69) is 4.74 Å². The molecule has 0 amide bonds. The van der Waals surface area contributed by atoms with Gasteiger partial charge in [0.25, 0.3) is 5.78 Å². The van der Waals surface area contributed by atoms with Crippen molar-refractivity contribution >= 4 is 11.8 Å². The van der Waals surface area contributed by atoms with Crippen LogP contribution in [-0.4, -0.2) is 40.3 Å². The molecule has 1 unspecified atom stereocenters. The van der Waals surface area contributed by atoms with Crippen LogP contribution in [0, 0.1) is 0 Å². The van der Waals surface area contributed by atoms with Gasteiger partial charge in [-0.25, -0.2) is 4.79 Å². The van der Waals surface area contributed by atoms with Crippen molar-refractivity contribution in [1.82, 2.24) is 0 Å². The summed E-state index contributed by atoms with van der Waals surface area (Å²) in [6.45, 7) is 1.33. The van der Waals surface area contributed by atoms with Gasteiger partial charge in [-0.05, 0) is 6.92 Å². The molecule has 0 aromatic heterocycles. The SMILES string of the molecule is C[C@@H](O)[C@H]1OC(=O)C(=O)C1O. The molecule has 0 radical (unpaired) electrons. The summed E-state index contributed by atoms with van der Waals surface area (Å²) in [5.41, 5.74) is 0. The molecule has 1 saturated heterocycles. The predicted octanol–water partition coefficient (Wildman–Crippen LogP) is -1.78. The predicted molar refractivity (Wildman–Crippen MR) is 32.6 cm³/mol. The van der Waals surface area contributed by atoms with Gasteiger partial charge >= 0.3 is 5.97 Å². The van der Waals surface area contributed by atoms with Crippen LogP contribution in [-0.2, 0) is 14.3 Å². The summed E-state index contributed by atoms with van der Waals surface area (Å²) < 4.78 is 4.36. The number of hydrogen-bond acceptors (Lipinski definition) is 5. The van der Waals surface area contributed by atoms with E-state index in [1.807, 2.05) is 0 Å². The molecule has 62 valence electrons. The quantitative estimate of drug-likeness (QED) is 0.350. The van der Waals surface area contributed by atoms with Crippen molar-refractivity contribution in [3.05, 3.63) is 0 Å². The number of carbonyl (C=O) groups excluding carboxylic acids is 2. The second-order valence-corrected chi connectivity index (χ2v) is 2.42. The van der Waals surface area contributed by atoms with Gasteiger partial charge in [0, 0.05) is 0 Å². The minimum absolute atomic E-state index is 0.990. The Morgan fingerprint density at radius 2 is 2.09 bits per heavy atom. The van der Waals surface area contributed by atoms with Crippen LogP contribution in [0.2, 0.25) is 0 Å². The van der Waals surface area contributed by atoms with Gasteiger partial charge in [0.15, 0.2) is 12.2 Å². The molecule has 1 heterocycles. The molecular weight excluding hydrogens is 152 g/mol. The lowest BCUT2D eigenvalue weighted by Crippen LogP contribution is -2.34. The molecule has 5 heteroatoms. The fourth-order valence-corrected chi connectivity index (χ4v) is 0.878. The van der Waals surface area contributed by atoms with Gasteiger partial charge in [0.05, 0.1) is 6.10 Å². The third kappa shape index (κ3) is 1.24. The van der Waals surface area contributed by atoms with E-state index in [1.165, 1.54) is 6.92 Å². The number of hydrogen-bond donors (Lipinski definition) is 2. The highest BCUT2D eigenvalue weighted by Gasteiger charge is 2.44. The van der Waals surface area contributed by atoms with Gasteiger partial charge in [0.2, 0.25) is 0 Å². The topological polar surface area (TPSA) is 83.8 Å². The van der Waals surface area contributed by atoms with Crippen molar-refractivity contribution in [2.75, 3.05) is 0 Å². The Labute approximate surface area is 62.6 Å². The number of Topliss-reactive ketones (excluding diaryl/α,β-unsaturated/α-hetero) is 1. The third-order valence-corrected chi connectivity index (χ3v) is 1.50. The first-order chi connectivity index (χ1) is 5.04. The zero-order valence-electron chi connectivity index (χ0n) is 5.85. The normalized spacial score (nSPS) is 33.7. The summed E-state index contributed by atoms with van der Waals surface area (Å²) in [6, 6.07) is 0. The summed E-state index contributed by atoms with van der Waals surface area (Å²) in [4.78, 5) is 21.0. The average molecular weight is 160 g/mol. The summed E-state index contributed by atoms with van der Waals surface area (Å²) in [5.74, 6) is -2.07. The van der Waals surface area contributed by atoms with Crippen molar-refractivity contribution in [3.63, 3.8) is 0 Å². The molecule has 11 heavy (non-hydrogen) atoms. The maximum atomic E-state index is 10.6. The maximum Gasteiger partial charge on any atom is 0.378 e. The van der Waals surface area contributed by atoms with Crippen molar-refractivity contribution in [3.8, 4) is 0 Å². The lowest BCUT2D eigenvalue weighted by Gasteiger charge is -2.13. The van der Waals surface area contributed by atoms with Crippen LogP contribution in [0.5, 0.6) is 0 Å². The fourth-order valence-electron chi connectivity index (χ4n) is 0.878. The van der Waals surface area contributed by atoms with Gasteiger partial charge in [-0.15, -0.1) is 0 Å². The van der Waals surface area contributed by atoms with E-state index >= 15 is 0 Å². The molecule has 2 N–H and O–H groups in total. The molecule has 0 aliphatic carbocycles. The fraction of sp³-hybridized carbons (Fsp3) is 0.667. The Bertz CT molecular complexity index is 197. The van der Waals surface area contributed by atoms with Crippen LogP contribution >= 0.6 is 0 Å². The van der Waals surface area contributed by atoms with Crippen LogP contribution in [0.3, 0.4) is 0 Å². The number of ether oxygens (including phenoxy) is 1. The highest BCUT2D eigenvalue weighted by Crippen LogP contribution is 2.14. The molecule has 3 atom stereocenters. The van der Waals surface area contributed by atoms with Gasteiger partial charge < -0.3 is 14.9 Å². The highest BCUT2D eigenvalue weighted by atomic mass is 16.6. The molecule has 0 aromatic carbocycles. The van der Waals surface area contributed by atoms with Crippen LogP contribution in [0.15, 0.2) is 0 Å². The number of esters is 1. The van der Waals surface area contributed by atoms with Gasteiger partial charge in [0.1, 0.15) is 0 Å². The molecule has 1 fully saturated rings. The van der Waals surface area contributed by atoms with Crippen LogP contribution in [0.1, 0.15) is 6.92 Å². The largest absolute Gasteiger partial charge is 0.451 e. The lowest BCUT2D eigenvalue weighted by atomic mass is 10.1. The summed E-state index contributed by atoms with van der Waals surface area (Å²) in [5, 5.41) is 17.8. The van der Waals surface area contributed by atoms with E-state index < -0.39 is 30.1 Å². The van der Waals surface area contributed by atoms with Crippen LogP contribution in [0.25, 0.3) is 0 Å². The Balaban J connectivity index is 2.75. The Kier molecular flexibility index (Phi) is 1.92. The molecule has 1 aliphatic heterocycles. The molecule has 1 aliphatic rings. The van der Waals surface area contributed by atoms with Gasteiger partial charge in [-0.3, -0.25) is 4.79 Å². The summed E-state index contributed by atoms with van der Waals surface area (Å²) >= 11 is 0. The van der Waals surface area contributed by atoms with Crippen LogP contribution < -0.4 is 0 Å². The van der Waals surface area contributed by atoms with Crippen molar-refractivity contribution < 1.29 is 24.5 Å². The van der Waals surface area contributed by atoms with Crippen molar-refractivity contribution in [2.45, 2.75) is 25.2 Å². The third-order valence-electron chi connectivity index (χ3n) is 1.50. The van der Waals surface area contributed by atoms with Crippen molar-refractivity contribution in [1.29, 1.82) is 0 Å². The lowest BCUT2D eigenvalue weighted by molar-refractivity contribution is -0.150. The molecule has 1 rings (SSSR count). The number of aliphatic hydroxyl groups is 2. The molecule has 5 nitrogen and oxygen atoms in total. The second-order valence-electron chi connectivity index (χ2n) is 2.42. The van der Waals surface area contributed by atoms with Gasteiger partial charge in [-0.2, -0.15) is 0 Å². The molecule has 0 spiro atoms.